The van der Waals surface area contributed by atoms with Crippen LogP contribution in [-0.4, -0.2) is 53.5 Å². The maximum atomic E-state index is 13.0. The van der Waals surface area contributed by atoms with Crippen molar-refractivity contribution in [3.8, 4) is 0 Å². The van der Waals surface area contributed by atoms with Crippen LogP contribution in [0.25, 0.3) is 0 Å². The van der Waals surface area contributed by atoms with Gasteiger partial charge in [0, 0.05) is 30.1 Å². The van der Waals surface area contributed by atoms with E-state index in [-0.39, 0.29) is 18.4 Å². The van der Waals surface area contributed by atoms with Crippen molar-refractivity contribution in [3.63, 3.8) is 0 Å². The number of hydrogen-bond donors (Lipinski definition) is 3. The van der Waals surface area contributed by atoms with Gasteiger partial charge in [-0.1, -0.05) is 25.1 Å². The van der Waals surface area contributed by atoms with Crippen molar-refractivity contribution in [2.75, 3.05) is 25.0 Å². The lowest BCUT2D eigenvalue weighted by molar-refractivity contribution is -0.140. The first-order chi connectivity index (χ1) is 13.0. The summed E-state index contributed by atoms with van der Waals surface area (Å²) in [6, 6.07) is 9.80. The summed E-state index contributed by atoms with van der Waals surface area (Å²) in [7, 11) is 0. The molecule has 1 aromatic carbocycles. The molecule has 1 saturated heterocycles. The van der Waals surface area contributed by atoms with E-state index < -0.39 is 12.0 Å². The number of aryl methyl sites for hydroxylation is 1. The summed E-state index contributed by atoms with van der Waals surface area (Å²) < 4.78 is 0. The maximum Gasteiger partial charge on any atom is 0.322 e. The van der Waals surface area contributed by atoms with E-state index in [9.17, 15) is 19.5 Å². The standard InChI is InChI=1S/C19H21N3O4S/c1-2-13-10-14(18(24)22-9-8-20-15(11-22)19(25)26)17(27-13)21-16(23)12-6-4-3-5-7-12/h3-7,10,15,20H,2,8-9,11H2,1H3,(H,21,23)(H,25,26)/t15-/m1/s1. The first-order valence-corrected chi connectivity index (χ1v) is 9.55. The highest BCUT2D eigenvalue weighted by molar-refractivity contribution is 7.16. The van der Waals surface area contributed by atoms with Crippen LogP contribution in [0.4, 0.5) is 5.00 Å². The molecule has 0 saturated carbocycles. The number of carbonyl (C=O) groups excluding carboxylic acids is 2. The molecule has 1 aliphatic rings. The molecule has 27 heavy (non-hydrogen) atoms. The molecule has 1 atom stereocenters. The average Bonchev–Trinajstić information content (AvgIpc) is 3.11. The Labute approximate surface area is 161 Å². The zero-order valence-electron chi connectivity index (χ0n) is 14.9. The molecule has 3 rings (SSSR count). The number of carbonyl (C=O) groups is 3. The fourth-order valence-corrected chi connectivity index (χ4v) is 3.89. The third-order valence-electron chi connectivity index (χ3n) is 4.39. The summed E-state index contributed by atoms with van der Waals surface area (Å²) in [5.74, 6) is -1.52. The Kier molecular flexibility index (Phi) is 5.88. The SMILES string of the molecule is CCc1cc(C(=O)N2CCN[C@@H](C(=O)O)C2)c(NC(=O)c2ccccc2)s1. The van der Waals surface area contributed by atoms with Crippen LogP contribution in [0.5, 0.6) is 0 Å². The predicted octanol–water partition coefficient (Wildman–Crippen LogP) is 2.06. The normalized spacial score (nSPS) is 16.8. The van der Waals surface area contributed by atoms with Gasteiger partial charge in [-0.2, -0.15) is 0 Å². The van der Waals surface area contributed by atoms with Gasteiger partial charge in [0.25, 0.3) is 11.8 Å². The van der Waals surface area contributed by atoms with Crippen LogP contribution in [0.3, 0.4) is 0 Å². The third kappa shape index (κ3) is 4.35. The van der Waals surface area contributed by atoms with E-state index in [1.165, 1.54) is 16.2 Å². The van der Waals surface area contributed by atoms with Crippen LogP contribution in [0, 0.1) is 0 Å². The Morgan fingerprint density at radius 2 is 2.04 bits per heavy atom. The van der Waals surface area contributed by atoms with Gasteiger partial charge in [-0.25, -0.2) is 0 Å². The number of piperazine rings is 1. The molecule has 0 radical (unpaired) electrons. The van der Waals surface area contributed by atoms with Crippen molar-refractivity contribution < 1.29 is 19.5 Å². The zero-order chi connectivity index (χ0) is 19.4. The lowest BCUT2D eigenvalue weighted by Crippen LogP contribution is -2.55. The summed E-state index contributed by atoms with van der Waals surface area (Å²) >= 11 is 1.37. The molecule has 1 aromatic heterocycles. The Balaban J connectivity index is 1.82. The third-order valence-corrected chi connectivity index (χ3v) is 5.58. The Morgan fingerprint density at radius 3 is 2.70 bits per heavy atom. The number of thiophene rings is 1. The van der Waals surface area contributed by atoms with E-state index in [2.05, 4.69) is 10.6 Å². The number of nitrogens with zero attached hydrogens (tertiary/aromatic N) is 1. The molecule has 0 aliphatic carbocycles. The fraction of sp³-hybridized carbons (Fsp3) is 0.316. The summed E-state index contributed by atoms with van der Waals surface area (Å²) in [5.41, 5.74) is 0.919. The number of hydrogen-bond acceptors (Lipinski definition) is 5. The summed E-state index contributed by atoms with van der Waals surface area (Å²) in [6.07, 6.45) is 0.742. The smallest absolute Gasteiger partial charge is 0.322 e. The van der Waals surface area contributed by atoms with E-state index in [1.807, 2.05) is 13.0 Å². The minimum Gasteiger partial charge on any atom is -0.480 e. The second kappa shape index (κ2) is 8.32. The Bertz CT molecular complexity index is 850. The molecular weight excluding hydrogens is 366 g/mol. The van der Waals surface area contributed by atoms with Gasteiger partial charge in [-0.15, -0.1) is 11.3 Å². The highest BCUT2D eigenvalue weighted by Gasteiger charge is 2.30. The number of nitrogens with one attached hydrogen (secondary N) is 2. The first kappa shape index (κ1) is 19.1. The lowest BCUT2D eigenvalue weighted by Gasteiger charge is -2.31. The van der Waals surface area contributed by atoms with E-state index in [0.29, 0.717) is 29.2 Å². The minimum atomic E-state index is -0.982. The quantitative estimate of drug-likeness (QED) is 0.729. The average molecular weight is 387 g/mol. The molecule has 0 bridgehead atoms. The van der Waals surface area contributed by atoms with Gasteiger partial charge in [0.2, 0.25) is 0 Å². The first-order valence-electron chi connectivity index (χ1n) is 8.74. The second-order valence-electron chi connectivity index (χ2n) is 6.23. The number of carboxylic acids is 1. The summed E-state index contributed by atoms with van der Waals surface area (Å²) in [6.45, 7) is 2.91. The second-order valence-corrected chi connectivity index (χ2v) is 7.36. The minimum absolute atomic E-state index is 0.0948. The number of anilines is 1. The Hall–Kier alpha value is -2.71. The van der Waals surface area contributed by atoms with Gasteiger partial charge in [0.05, 0.1) is 5.56 Å². The van der Waals surface area contributed by atoms with Crippen LogP contribution in [0.2, 0.25) is 0 Å². The molecule has 2 heterocycles. The fourth-order valence-electron chi connectivity index (χ4n) is 2.90. The van der Waals surface area contributed by atoms with E-state index >= 15 is 0 Å². The largest absolute Gasteiger partial charge is 0.480 e. The highest BCUT2D eigenvalue weighted by Crippen LogP contribution is 2.30. The molecule has 1 aliphatic heterocycles. The van der Waals surface area contributed by atoms with Gasteiger partial charge in [-0.3, -0.25) is 14.4 Å². The van der Waals surface area contributed by atoms with Gasteiger partial charge < -0.3 is 20.6 Å². The van der Waals surface area contributed by atoms with Crippen LogP contribution < -0.4 is 10.6 Å². The van der Waals surface area contributed by atoms with E-state index in [0.717, 1.165) is 11.3 Å². The molecule has 7 nitrogen and oxygen atoms in total. The lowest BCUT2D eigenvalue weighted by atomic mass is 10.1. The van der Waals surface area contributed by atoms with Crippen LogP contribution in [0.1, 0.15) is 32.5 Å². The van der Waals surface area contributed by atoms with Gasteiger partial charge in [-0.05, 0) is 24.6 Å². The van der Waals surface area contributed by atoms with Crippen molar-refractivity contribution in [2.24, 2.45) is 0 Å². The molecule has 8 heteroatoms. The van der Waals surface area contributed by atoms with Crippen molar-refractivity contribution in [1.82, 2.24) is 10.2 Å². The molecule has 2 aromatic rings. The zero-order valence-corrected chi connectivity index (χ0v) is 15.7. The number of carboxylic acid groups (broad SMARTS) is 1. The highest BCUT2D eigenvalue weighted by atomic mass is 32.1. The molecule has 0 spiro atoms. The molecular formula is C19H21N3O4S. The number of rotatable bonds is 5. The topological polar surface area (TPSA) is 98.7 Å². The molecule has 3 N–H and O–H groups in total. The van der Waals surface area contributed by atoms with Crippen LogP contribution >= 0.6 is 11.3 Å². The van der Waals surface area contributed by atoms with Crippen molar-refractivity contribution >= 4 is 34.1 Å². The number of amides is 2. The molecule has 142 valence electrons. The monoisotopic (exact) mass is 387 g/mol. The van der Waals surface area contributed by atoms with Gasteiger partial charge >= 0.3 is 5.97 Å². The van der Waals surface area contributed by atoms with E-state index in [1.54, 1.807) is 30.3 Å². The van der Waals surface area contributed by atoms with E-state index in [4.69, 9.17) is 0 Å². The number of aliphatic carboxylic acids is 1. The summed E-state index contributed by atoms with van der Waals surface area (Å²) in [4.78, 5) is 39.2. The predicted molar refractivity (Wildman–Crippen MR) is 103 cm³/mol. The number of benzene rings is 1. The van der Waals surface area contributed by atoms with Crippen molar-refractivity contribution in [1.29, 1.82) is 0 Å². The molecule has 0 unspecified atom stereocenters. The van der Waals surface area contributed by atoms with Gasteiger partial charge in [0.1, 0.15) is 11.0 Å². The van der Waals surface area contributed by atoms with Gasteiger partial charge in [0.15, 0.2) is 0 Å². The molecule has 1 fully saturated rings. The summed E-state index contributed by atoms with van der Waals surface area (Å²) in [5, 5.41) is 15.4. The maximum absolute atomic E-state index is 13.0. The van der Waals surface area contributed by atoms with Crippen LogP contribution in [0.15, 0.2) is 36.4 Å². The van der Waals surface area contributed by atoms with Crippen LogP contribution in [-0.2, 0) is 11.2 Å². The van der Waals surface area contributed by atoms with Crippen molar-refractivity contribution in [2.45, 2.75) is 19.4 Å². The van der Waals surface area contributed by atoms with Crippen molar-refractivity contribution in [3.05, 3.63) is 52.4 Å². The Morgan fingerprint density at radius 1 is 1.30 bits per heavy atom. The molecule has 2 amide bonds.